The second-order valence-electron chi connectivity index (χ2n) is 3.96. The van der Waals surface area contributed by atoms with Crippen LogP contribution in [-0.2, 0) is 12.4 Å². The molecule has 0 aliphatic rings. The SMILES string of the molecule is CC(C)c1ccc(C(F)(F)F)c(C(F)(F)F)c1. The maximum absolute atomic E-state index is 12.5. The average Bonchev–Trinajstić information content (AvgIpc) is 2.14. The minimum atomic E-state index is -5.00. The maximum atomic E-state index is 12.5. The monoisotopic (exact) mass is 256 g/mol. The summed E-state index contributed by atoms with van der Waals surface area (Å²) in [5.41, 5.74) is -3.05. The molecule has 0 saturated heterocycles. The highest BCUT2D eigenvalue weighted by Crippen LogP contribution is 2.41. The lowest BCUT2D eigenvalue weighted by Crippen LogP contribution is -2.17. The van der Waals surface area contributed by atoms with E-state index in [1.807, 2.05) is 0 Å². The van der Waals surface area contributed by atoms with Gasteiger partial charge in [-0.05, 0) is 23.6 Å². The summed E-state index contributed by atoms with van der Waals surface area (Å²) >= 11 is 0. The van der Waals surface area contributed by atoms with Gasteiger partial charge in [0.15, 0.2) is 0 Å². The second-order valence-corrected chi connectivity index (χ2v) is 3.96. The van der Waals surface area contributed by atoms with Crippen molar-refractivity contribution in [3.8, 4) is 0 Å². The van der Waals surface area contributed by atoms with Gasteiger partial charge in [-0.2, -0.15) is 26.3 Å². The van der Waals surface area contributed by atoms with Gasteiger partial charge in [0, 0.05) is 0 Å². The first-order valence-electron chi connectivity index (χ1n) is 4.82. The molecule has 0 radical (unpaired) electrons. The van der Waals surface area contributed by atoms with Crippen LogP contribution in [0.4, 0.5) is 26.3 Å². The molecule has 0 nitrogen and oxygen atoms in total. The quantitative estimate of drug-likeness (QED) is 0.630. The zero-order valence-corrected chi connectivity index (χ0v) is 9.08. The Labute approximate surface area is 94.2 Å². The predicted octanol–water partition coefficient (Wildman–Crippen LogP) is 4.85. The predicted molar refractivity (Wildman–Crippen MR) is 50.5 cm³/mol. The van der Waals surface area contributed by atoms with E-state index in [1.54, 1.807) is 13.8 Å². The van der Waals surface area contributed by atoms with Gasteiger partial charge in [0.05, 0.1) is 11.1 Å². The molecule has 0 heterocycles. The highest BCUT2D eigenvalue weighted by atomic mass is 19.4. The lowest BCUT2D eigenvalue weighted by Gasteiger charge is -2.17. The third-order valence-electron chi connectivity index (χ3n) is 2.32. The fourth-order valence-corrected chi connectivity index (χ4v) is 1.40. The van der Waals surface area contributed by atoms with E-state index in [4.69, 9.17) is 0 Å². The van der Waals surface area contributed by atoms with Crippen molar-refractivity contribution in [2.24, 2.45) is 0 Å². The first-order valence-corrected chi connectivity index (χ1v) is 4.82. The van der Waals surface area contributed by atoms with Crippen molar-refractivity contribution in [1.29, 1.82) is 0 Å². The van der Waals surface area contributed by atoms with E-state index in [-0.39, 0.29) is 11.5 Å². The summed E-state index contributed by atoms with van der Waals surface area (Å²) in [6.45, 7) is 3.23. The Morgan fingerprint density at radius 3 is 1.65 bits per heavy atom. The van der Waals surface area contributed by atoms with Crippen molar-refractivity contribution in [1.82, 2.24) is 0 Å². The van der Waals surface area contributed by atoms with Crippen LogP contribution in [0.3, 0.4) is 0 Å². The van der Waals surface area contributed by atoms with Gasteiger partial charge < -0.3 is 0 Å². The largest absolute Gasteiger partial charge is 0.417 e. The molecule has 0 saturated carbocycles. The van der Waals surface area contributed by atoms with E-state index < -0.39 is 23.5 Å². The number of hydrogen-bond acceptors (Lipinski definition) is 0. The van der Waals surface area contributed by atoms with Crippen LogP contribution in [0, 0.1) is 0 Å². The Kier molecular flexibility index (Phi) is 3.45. The summed E-state index contributed by atoms with van der Waals surface area (Å²) < 4.78 is 74.8. The molecule has 1 rings (SSSR count). The van der Waals surface area contributed by atoms with Gasteiger partial charge >= 0.3 is 12.4 Å². The van der Waals surface area contributed by atoms with E-state index in [2.05, 4.69) is 0 Å². The van der Waals surface area contributed by atoms with E-state index in [1.165, 1.54) is 0 Å². The lowest BCUT2D eigenvalue weighted by molar-refractivity contribution is -0.162. The van der Waals surface area contributed by atoms with Gasteiger partial charge in [-0.15, -0.1) is 0 Å². The zero-order chi connectivity index (χ0) is 13.4. The van der Waals surface area contributed by atoms with Crippen molar-refractivity contribution >= 4 is 0 Å². The van der Waals surface area contributed by atoms with Crippen LogP contribution < -0.4 is 0 Å². The minimum Gasteiger partial charge on any atom is -0.166 e. The molecule has 0 aromatic heterocycles. The standard InChI is InChI=1S/C11H10F6/c1-6(2)7-3-4-8(10(12,13)14)9(5-7)11(15,16)17/h3-6H,1-2H3. The summed E-state index contributed by atoms with van der Waals surface area (Å²) in [7, 11) is 0. The third kappa shape index (κ3) is 3.14. The van der Waals surface area contributed by atoms with Gasteiger partial charge in [0.1, 0.15) is 0 Å². The van der Waals surface area contributed by atoms with Crippen molar-refractivity contribution in [2.75, 3.05) is 0 Å². The van der Waals surface area contributed by atoms with Gasteiger partial charge in [0.2, 0.25) is 0 Å². The summed E-state index contributed by atoms with van der Waals surface area (Å²) in [5, 5.41) is 0. The summed E-state index contributed by atoms with van der Waals surface area (Å²) in [5.74, 6) is -0.265. The van der Waals surface area contributed by atoms with Crippen molar-refractivity contribution in [3.05, 3.63) is 34.9 Å². The van der Waals surface area contributed by atoms with Gasteiger partial charge in [-0.3, -0.25) is 0 Å². The van der Waals surface area contributed by atoms with Crippen LogP contribution in [-0.4, -0.2) is 0 Å². The van der Waals surface area contributed by atoms with Crippen LogP contribution in [0.25, 0.3) is 0 Å². The van der Waals surface area contributed by atoms with E-state index >= 15 is 0 Å². The first-order chi connectivity index (χ1) is 7.53. The molecule has 0 atom stereocenters. The molecule has 0 spiro atoms. The van der Waals surface area contributed by atoms with E-state index in [0.29, 0.717) is 12.1 Å². The fraction of sp³-hybridized carbons (Fsp3) is 0.455. The first kappa shape index (κ1) is 13.9. The minimum absolute atomic E-state index is 0.227. The van der Waals surface area contributed by atoms with Crippen molar-refractivity contribution in [3.63, 3.8) is 0 Å². The van der Waals surface area contributed by atoms with E-state index in [0.717, 1.165) is 6.07 Å². The molecule has 17 heavy (non-hydrogen) atoms. The van der Waals surface area contributed by atoms with Gasteiger partial charge in [-0.25, -0.2) is 0 Å². The maximum Gasteiger partial charge on any atom is 0.417 e. The van der Waals surface area contributed by atoms with Crippen LogP contribution in [0.15, 0.2) is 18.2 Å². The molecule has 0 bridgehead atoms. The molecule has 0 amide bonds. The number of hydrogen-bond donors (Lipinski definition) is 0. The highest BCUT2D eigenvalue weighted by Gasteiger charge is 2.43. The highest BCUT2D eigenvalue weighted by molar-refractivity contribution is 5.37. The number of alkyl halides is 6. The summed E-state index contributed by atoms with van der Waals surface area (Å²) in [6.07, 6.45) is -10.0. The summed E-state index contributed by atoms with van der Waals surface area (Å²) in [4.78, 5) is 0. The average molecular weight is 256 g/mol. The van der Waals surface area contributed by atoms with E-state index in [9.17, 15) is 26.3 Å². The molecule has 1 aromatic rings. The smallest absolute Gasteiger partial charge is 0.166 e. The third-order valence-corrected chi connectivity index (χ3v) is 2.32. The van der Waals surface area contributed by atoms with Crippen LogP contribution in [0.2, 0.25) is 0 Å². The molecule has 96 valence electrons. The zero-order valence-electron chi connectivity index (χ0n) is 9.08. The van der Waals surface area contributed by atoms with Crippen molar-refractivity contribution in [2.45, 2.75) is 32.1 Å². The molecular weight excluding hydrogens is 246 g/mol. The molecule has 0 aliphatic heterocycles. The van der Waals surface area contributed by atoms with Crippen LogP contribution in [0.5, 0.6) is 0 Å². The fourth-order valence-electron chi connectivity index (χ4n) is 1.40. The number of benzene rings is 1. The Balaban J connectivity index is 3.43. The second kappa shape index (κ2) is 4.23. The Morgan fingerprint density at radius 1 is 0.824 bits per heavy atom. The molecule has 0 fully saturated rings. The molecule has 0 N–H and O–H groups in total. The molecule has 0 unspecified atom stereocenters. The Bertz CT molecular complexity index is 399. The van der Waals surface area contributed by atoms with Gasteiger partial charge in [0.25, 0.3) is 0 Å². The summed E-state index contributed by atoms with van der Waals surface area (Å²) in [6, 6.07) is 2.12. The normalized spacial score (nSPS) is 13.2. The van der Waals surface area contributed by atoms with Crippen LogP contribution in [0.1, 0.15) is 36.5 Å². The Hall–Kier alpha value is -1.20. The molecular formula is C11H10F6. The van der Waals surface area contributed by atoms with Crippen molar-refractivity contribution < 1.29 is 26.3 Å². The van der Waals surface area contributed by atoms with Gasteiger partial charge in [-0.1, -0.05) is 19.9 Å². The number of rotatable bonds is 1. The molecule has 0 aliphatic carbocycles. The topological polar surface area (TPSA) is 0 Å². The Morgan fingerprint density at radius 2 is 1.29 bits per heavy atom. The molecule has 6 heteroatoms. The molecule has 1 aromatic carbocycles. The van der Waals surface area contributed by atoms with Crippen LogP contribution >= 0.6 is 0 Å². The number of halogens is 6. The lowest BCUT2D eigenvalue weighted by atomic mass is 9.97.